The molecule has 1 atom stereocenters. The number of carboxylic acids is 1. The number of unbranched alkanes of at least 4 members (excludes halogenated alkanes) is 1. The number of aliphatic carboxylic acids is 1. The van der Waals surface area contributed by atoms with Gasteiger partial charge in [-0.05, 0) is 68.0 Å². The molecule has 0 radical (unpaired) electrons. The van der Waals surface area contributed by atoms with E-state index >= 15 is 0 Å². The van der Waals surface area contributed by atoms with E-state index in [1.807, 2.05) is 37.4 Å². The fourth-order valence-electron chi connectivity index (χ4n) is 5.44. The first-order valence-corrected chi connectivity index (χ1v) is 14.6. The molecule has 2 aromatic carbocycles. The van der Waals surface area contributed by atoms with E-state index in [-0.39, 0.29) is 0 Å². The number of ether oxygens (including phenoxy) is 1. The number of para-hydroxylation sites is 1. The number of nitrogens with one attached hydrogen (secondary N) is 1. The molecule has 1 amide bonds. The normalized spacial score (nSPS) is 15.0. The van der Waals surface area contributed by atoms with Crippen LogP contribution in [0.2, 0.25) is 0 Å². The molecule has 4 rings (SSSR count). The Morgan fingerprint density at radius 3 is 2.62 bits per heavy atom. The van der Waals surface area contributed by atoms with Crippen LogP contribution in [0.5, 0.6) is 5.75 Å². The van der Waals surface area contributed by atoms with Gasteiger partial charge in [-0.15, -0.1) is 0 Å². The summed E-state index contributed by atoms with van der Waals surface area (Å²) in [6.45, 7) is 0.713. The van der Waals surface area contributed by atoms with Crippen molar-refractivity contribution in [1.82, 2.24) is 13.6 Å². The Morgan fingerprint density at radius 2 is 1.90 bits per heavy atom. The van der Waals surface area contributed by atoms with E-state index in [9.17, 15) is 18.9 Å². The number of rotatable bonds is 12. The van der Waals surface area contributed by atoms with Gasteiger partial charge in [-0.1, -0.05) is 37.5 Å². The Kier molecular flexibility index (Phi) is 9.77. The Balaban J connectivity index is 1.73. The number of fused-ring (bicyclic) bond motifs is 1. The standard InChI is InChI=1S/C29H38N4O5S/c1-32(17-9-8-16-30)39(37)31-29(36)21-14-15-22-24(18-21)33(2)28(27(22)20-10-4-3-5-11-20)23-12-6-7-13-25(23)38-19-26(34)35/h6-7,12-15,18,20H,3-5,8-11,16-17,19,30H2,1-2H3,(H,31,36)(H,34,35). The largest absolute Gasteiger partial charge is 0.481 e. The number of carbonyl (C=O) groups excluding carboxylic acids is 1. The third-order valence-corrected chi connectivity index (χ3v) is 8.51. The molecule has 9 nitrogen and oxygen atoms in total. The van der Waals surface area contributed by atoms with Gasteiger partial charge in [-0.3, -0.25) is 9.52 Å². The Labute approximate surface area is 232 Å². The van der Waals surface area contributed by atoms with Crippen molar-refractivity contribution in [1.29, 1.82) is 0 Å². The van der Waals surface area contributed by atoms with Gasteiger partial charge in [0, 0.05) is 42.7 Å². The molecule has 4 N–H and O–H groups in total. The second kappa shape index (κ2) is 13.2. The quantitative estimate of drug-likeness (QED) is 0.286. The molecule has 0 aliphatic heterocycles. The topological polar surface area (TPSA) is 127 Å². The van der Waals surface area contributed by atoms with Crippen molar-refractivity contribution in [2.75, 3.05) is 26.7 Å². The molecular formula is C29H38N4O5S. The van der Waals surface area contributed by atoms with Crippen molar-refractivity contribution in [3.05, 3.63) is 53.6 Å². The van der Waals surface area contributed by atoms with Crippen LogP contribution in [0, 0.1) is 0 Å². The summed E-state index contributed by atoms with van der Waals surface area (Å²) in [7, 11) is 3.67. The summed E-state index contributed by atoms with van der Waals surface area (Å²) in [4.78, 5) is 24.3. The van der Waals surface area contributed by atoms with Crippen LogP contribution in [0.1, 0.15) is 66.8 Å². The number of carbonyl (C=O) groups is 2. The summed E-state index contributed by atoms with van der Waals surface area (Å²) < 4.78 is 24.6. The van der Waals surface area contributed by atoms with Crippen molar-refractivity contribution in [3.63, 3.8) is 0 Å². The molecule has 210 valence electrons. The second-order valence-electron chi connectivity index (χ2n) is 10.1. The molecule has 0 saturated heterocycles. The maximum absolute atomic E-state index is 13.1. The first-order chi connectivity index (χ1) is 18.8. The van der Waals surface area contributed by atoms with Crippen molar-refractivity contribution in [3.8, 4) is 17.0 Å². The highest BCUT2D eigenvalue weighted by atomic mass is 32.2. The number of hydrogen-bond acceptors (Lipinski definition) is 5. The summed E-state index contributed by atoms with van der Waals surface area (Å²) in [5, 5.41) is 10.3. The minimum Gasteiger partial charge on any atom is -0.481 e. The van der Waals surface area contributed by atoms with Crippen molar-refractivity contribution in [2.45, 2.75) is 50.9 Å². The molecule has 0 spiro atoms. The molecule has 1 saturated carbocycles. The predicted octanol–water partition coefficient (Wildman–Crippen LogP) is 4.34. The van der Waals surface area contributed by atoms with Crippen LogP contribution in [0.3, 0.4) is 0 Å². The highest BCUT2D eigenvalue weighted by Gasteiger charge is 2.27. The third kappa shape index (κ3) is 6.69. The molecule has 0 bridgehead atoms. The fourth-order valence-corrected chi connectivity index (χ4v) is 6.17. The number of nitrogens with zero attached hydrogens (tertiary/aromatic N) is 2. The summed E-state index contributed by atoms with van der Waals surface area (Å²) >= 11 is -1.66. The van der Waals surface area contributed by atoms with Gasteiger partial charge >= 0.3 is 5.97 Å². The van der Waals surface area contributed by atoms with Crippen molar-refractivity contribution >= 4 is 34.0 Å². The number of carboxylic acid groups (broad SMARTS) is 1. The smallest absolute Gasteiger partial charge is 0.341 e. The zero-order valence-corrected chi connectivity index (χ0v) is 23.5. The summed E-state index contributed by atoms with van der Waals surface area (Å²) in [6, 6.07) is 13.1. The van der Waals surface area contributed by atoms with Crippen LogP contribution in [-0.2, 0) is 23.0 Å². The van der Waals surface area contributed by atoms with E-state index in [2.05, 4.69) is 9.29 Å². The van der Waals surface area contributed by atoms with Gasteiger partial charge in [0.25, 0.3) is 5.91 Å². The number of benzene rings is 2. The number of nitrogens with two attached hydrogens (primary N) is 1. The van der Waals surface area contributed by atoms with Crippen molar-refractivity contribution in [2.24, 2.45) is 12.8 Å². The van der Waals surface area contributed by atoms with Gasteiger partial charge in [-0.2, -0.15) is 0 Å². The number of hydrogen-bond donors (Lipinski definition) is 3. The van der Waals surface area contributed by atoms with Gasteiger partial charge in [0.15, 0.2) is 17.8 Å². The van der Waals surface area contributed by atoms with Crippen LogP contribution < -0.4 is 15.2 Å². The maximum Gasteiger partial charge on any atom is 0.341 e. The lowest BCUT2D eigenvalue weighted by Gasteiger charge is -2.24. The molecule has 10 heteroatoms. The second-order valence-corrected chi connectivity index (χ2v) is 11.4. The molecule has 1 unspecified atom stereocenters. The van der Waals surface area contributed by atoms with E-state index in [1.54, 1.807) is 23.5 Å². The van der Waals surface area contributed by atoms with Crippen LogP contribution >= 0.6 is 0 Å². The third-order valence-electron chi connectivity index (χ3n) is 7.40. The highest BCUT2D eigenvalue weighted by molar-refractivity contribution is 7.81. The number of aryl methyl sites for hydroxylation is 1. The molecule has 1 aliphatic carbocycles. The van der Waals surface area contributed by atoms with Gasteiger partial charge in [0.1, 0.15) is 5.75 Å². The Bertz CT molecular complexity index is 1350. The van der Waals surface area contributed by atoms with Crippen LogP contribution in [-0.4, -0.2) is 56.8 Å². The number of aromatic nitrogens is 1. The van der Waals surface area contributed by atoms with E-state index < -0.39 is 29.7 Å². The zero-order chi connectivity index (χ0) is 27.9. The lowest BCUT2D eigenvalue weighted by atomic mass is 9.81. The Morgan fingerprint density at radius 1 is 1.15 bits per heavy atom. The van der Waals surface area contributed by atoms with E-state index in [4.69, 9.17) is 10.5 Å². The lowest BCUT2D eigenvalue weighted by Crippen LogP contribution is -2.36. The molecule has 3 aromatic rings. The van der Waals surface area contributed by atoms with E-state index in [1.165, 1.54) is 12.0 Å². The average Bonchev–Trinajstić information content (AvgIpc) is 3.23. The van der Waals surface area contributed by atoms with E-state index in [0.717, 1.165) is 60.7 Å². The first-order valence-electron chi connectivity index (χ1n) is 13.5. The molecule has 1 fully saturated rings. The molecule has 1 aromatic heterocycles. The summed E-state index contributed by atoms with van der Waals surface area (Å²) in [5.41, 5.74) is 9.84. The minimum atomic E-state index is -1.66. The lowest BCUT2D eigenvalue weighted by molar-refractivity contribution is -0.139. The van der Waals surface area contributed by atoms with Crippen LogP contribution in [0.25, 0.3) is 22.2 Å². The first kappa shape index (κ1) is 28.8. The fraction of sp³-hybridized carbons (Fsp3) is 0.448. The highest BCUT2D eigenvalue weighted by Crippen LogP contribution is 2.45. The predicted molar refractivity (Wildman–Crippen MR) is 154 cm³/mol. The molecule has 1 heterocycles. The van der Waals surface area contributed by atoms with Crippen LogP contribution in [0.15, 0.2) is 42.5 Å². The Hall–Kier alpha value is -3.21. The monoisotopic (exact) mass is 554 g/mol. The van der Waals surface area contributed by atoms with Gasteiger partial charge in [0.2, 0.25) is 0 Å². The molecule has 1 aliphatic rings. The average molecular weight is 555 g/mol. The van der Waals surface area contributed by atoms with Crippen LogP contribution in [0.4, 0.5) is 0 Å². The van der Waals surface area contributed by atoms with Crippen molar-refractivity contribution < 1.29 is 23.6 Å². The summed E-state index contributed by atoms with van der Waals surface area (Å²) in [6.07, 6.45) is 7.30. The molecule has 39 heavy (non-hydrogen) atoms. The van der Waals surface area contributed by atoms with E-state index in [0.29, 0.717) is 30.3 Å². The van der Waals surface area contributed by atoms with Gasteiger partial charge in [-0.25, -0.2) is 13.3 Å². The SMILES string of the molecule is CN(CCCCN)S(=O)NC(=O)c1ccc2c(C3CCCCC3)c(-c3ccccc3OCC(=O)O)n(C)c2c1. The zero-order valence-electron chi connectivity index (χ0n) is 22.7. The summed E-state index contributed by atoms with van der Waals surface area (Å²) in [5.74, 6) is -0.589. The molecular weight excluding hydrogens is 516 g/mol. The van der Waals surface area contributed by atoms with Gasteiger partial charge in [0.05, 0.1) is 5.69 Å². The maximum atomic E-state index is 13.1. The minimum absolute atomic E-state index is 0.347. The van der Waals surface area contributed by atoms with Gasteiger partial charge < -0.3 is 20.1 Å². The number of amides is 1.